The fraction of sp³-hybridized carbons (Fsp3) is 0.450. The summed E-state index contributed by atoms with van der Waals surface area (Å²) in [6, 6.07) is 14.6. The topological polar surface area (TPSA) is 185 Å². The molecule has 4 amide bonds. The summed E-state index contributed by atoms with van der Waals surface area (Å²) in [6.07, 6.45) is 9.84. The molecule has 14 nitrogen and oxygen atoms in total. The van der Waals surface area contributed by atoms with Crippen LogP contribution in [0.5, 0.6) is 11.5 Å². The molecule has 0 aliphatic heterocycles. The minimum atomic E-state index is -0.251. The maximum absolute atomic E-state index is 12.5. The van der Waals surface area contributed by atoms with Crippen LogP contribution in [0.15, 0.2) is 60.9 Å². The number of rotatable bonds is 25. The van der Waals surface area contributed by atoms with Gasteiger partial charge in [-0.15, -0.1) is 0 Å². The molecule has 6 N–H and O–H groups in total. The number of carbonyl (C=O) groups is 4. The van der Waals surface area contributed by atoms with E-state index in [0.29, 0.717) is 47.0 Å². The highest BCUT2D eigenvalue weighted by atomic mass is 16.5. The van der Waals surface area contributed by atoms with E-state index in [9.17, 15) is 19.2 Å². The van der Waals surface area contributed by atoms with E-state index in [-0.39, 0.29) is 49.3 Å². The molecule has 290 valence electrons. The quantitative estimate of drug-likeness (QED) is 0.0521. The molecule has 2 aromatic carbocycles. The number of carbonyl (C=O) groups excluding carboxylic acids is 4. The van der Waals surface area contributed by atoms with Crippen LogP contribution in [0.25, 0.3) is 21.8 Å². The number of methoxy groups -OCH3 is 2. The predicted molar refractivity (Wildman–Crippen MR) is 212 cm³/mol. The van der Waals surface area contributed by atoms with Crippen molar-refractivity contribution >= 4 is 56.8 Å². The largest absolute Gasteiger partial charge is 0.497 e. The summed E-state index contributed by atoms with van der Waals surface area (Å²) in [5, 5.41) is 20.0. The normalized spacial score (nSPS) is 10.9. The zero-order chi connectivity index (χ0) is 38.4. The standard InChI is InChI=1S/C40H54N8O6/c1-53-31-25-29-11-7-21-45-39(29)33(27-31)47-37(51)15-13-35(49)43-23-9-19-41-17-5-3-4-6-18-42-20-10-24-44-36(50)14-16-38(52)48-34-28-32(54-2)26-30-12-8-22-46-40(30)34/h7-8,11-12,21-22,25-28,41-42H,3-6,9-10,13-20,23-24H2,1-2H3,(H,43,49)(H,44,50)(H,47,51)(H,48,52). The molecule has 0 saturated carbocycles. The SMILES string of the molecule is COc1cc(NC(=O)CCC(=O)NCCCNCCCCCCNCCCNC(=O)CCC(=O)Nc2cc(OC)cc3cccnc23)c2ncccc2c1. The average Bonchev–Trinajstić information content (AvgIpc) is 3.18. The molecule has 14 heteroatoms. The second-order valence-corrected chi connectivity index (χ2v) is 12.9. The van der Waals surface area contributed by atoms with Gasteiger partial charge in [0.1, 0.15) is 11.5 Å². The molecule has 0 atom stereocenters. The van der Waals surface area contributed by atoms with Crippen molar-refractivity contribution in [2.24, 2.45) is 0 Å². The fourth-order valence-corrected chi connectivity index (χ4v) is 5.80. The van der Waals surface area contributed by atoms with Crippen LogP contribution in [0.3, 0.4) is 0 Å². The lowest BCUT2D eigenvalue weighted by atomic mass is 10.1. The number of nitrogens with one attached hydrogen (secondary N) is 6. The Morgan fingerprint density at radius 1 is 0.519 bits per heavy atom. The second kappa shape index (κ2) is 23.4. The lowest BCUT2D eigenvalue weighted by molar-refractivity contribution is -0.124. The Morgan fingerprint density at radius 2 is 0.926 bits per heavy atom. The first-order valence-electron chi connectivity index (χ1n) is 18.8. The molecule has 0 unspecified atom stereocenters. The van der Waals surface area contributed by atoms with Crippen molar-refractivity contribution in [1.29, 1.82) is 0 Å². The van der Waals surface area contributed by atoms with Gasteiger partial charge in [-0.1, -0.05) is 25.0 Å². The third kappa shape index (κ3) is 14.6. The molecule has 2 heterocycles. The van der Waals surface area contributed by atoms with E-state index >= 15 is 0 Å². The van der Waals surface area contributed by atoms with Gasteiger partial charge in [0.05, 0.1) is 36.6 Å². The number of fused-ring (bicyclic) bond motifs is 2. The Hall–Kier alpha value is -5.34. The lowest BCUT2D eigenvalue weighted by Crippen LogP contribution is -2.28. The number of benzene rings is 2. The molecule has 2 aromatic heterocycles. The molecular weight excluding hydrogens is 688 g/mol. The lowest BCUT2D eigenvalue weighted by Gasteiger charge is -2.11. The highest BCUT2D eigenvalue weighted by Crippen LogP contribution is 2.29. The summed E-state index contributed by atoms with van der Waals surface area (Å²) in [6.45, 7) is 4.63. The van der Waals surface area contributed by atoms with Crippen LogP contribution in [0.4, 0.5) is 11.4 Å². The average molecular weight is 743 g/mol. The minimum absolute atomic E-state index is 0.0795. The molecule has 4 aromatic rings. The maximum atomic E-state index is 12.5. The number of unbranched alkanes of at least 4 members (excludes halogenated alkanes) is 3. The van der Waals surface area contributed by atoms with E-state index in [1.807, 2.05) is 36.4 Å². The van der Waals surface area contributed by atoms with Gasteiger partial charge in [-0.25, -0.2) is 0 Å². The van der Waals surface area contributed by atoms with Gasteiger partial charge in [0.2, 0.25) is 23.6 Å². The van der Waals surface area contributed by atoms with E-state index in [0.717, 1.165) is 75.5 Å². The molecule has 4 rings (SSSR count). The zero-order valence-electron chi connectivity index (χ0n) is 31.4. The number of amides is 4. The smallest absolute Gasteiger partial charge is 0.224 e. The van der Waals surface area contributed by atoms with E-state index in [1.165, 1.54) is 0 Å². The monoisotopic (exact) mass is 742 g/mol. The summed E-state index contributed by atoms with van der Waals surface area (Å²) in [5.74, 6) is 0.447. The Balaban J connectivity index is 0.908. The second-order valence-electron chi connectivity index (χ2n) is 12.9. The number of anilines is 2. The van der Waals surface area contributed by atoms with Crippen LogP contribution in [0, 0.1) is 0 Å². The Morgan fingerprint density at radius 3 is 1.35 bits per heavy atom. The van der Waals surface area contributed by atoms with Gasteiger partial charge in [-0.3, -0.25) is 29.1 Å². The third-order valence-electron chi connectivity index (χ3n) is 8.70. The molecule has 0 fully saturated rings. The Kier molecular flexibility index (Phi) is 17.9. The van der Waals surface area contributed by atoms with Gasteiger partial charge >= 0.3 is 0 Å². The molecule has 0 bridgehead atoms. The number of hydrogen-bond acceptors (Lipinski definition) is 10. The van der Waals surface area contributed by atoms with Crippen molar-refractivity contribution in [2.45, 2.75) is 64.2 Å². The highest BCUT2D eigenvalue weighted by molar-refractivity contribution is 6.02. The van der Waals surface area contributed by atoms with Crippen LogP contribution >= 0.6 is 0 Å². The Labute approximate surface area is 316 Å². The molecule has 54 heavy (non-hydrogen) atoms. The fourth-order valence-electron chi connectivity index (χ4n) is 5.80. The van der Waals surface area contributed by atoms with Crippen molar-refractivity contribution in [3.63, 3.8) is 0 Å². The molecule has 0 saturated heterocycles. The summed E-state index contributed by atoms with van der Waals surface area (Å²) >= 11 is 0. The van der Waals surface area contributed by atoms with Gasteiger partial charge in [0.25, 0.3) is 0 Å². The summed E-state index contributed by atoms with van der Waals surface area (Å²) in [5.41, 5.74) is 2.46. The zero-order valence-corrected chi connectivity index (χ0v) is 31.4. The van der Waals surface area contributed by atoms with E-state index in [2.05, 4.69) is 41.9 Å². The number of pyridine rings is 2. The maximum Gasteiger partial charge on any atom is 0.224 e. The first kappa shape index (κ1) is 41.4. The number of nitrogens with zero attached hydrogens (tertiary/aromatic N) is 2. The number of hydrogen-bond donors (Lipinski definition) is 6. The molecule has 0 aliphatic carbocycles. The predicted octanol–water partition coefficient (Wildman–Crippen LogP) is 4.69. The van der Waals surface area contributed by atoms with Gasteiger partial charge in [0.15, 0.2) is 0 Å². The summed E-state index contributed by atoms with van der Waals surface area (Å²) in [7, 11) is 3.14. The summed E-state index contributed by atoms with van der Waals surface area (Å²) < 4.78 is 10.7. The van der Waals surface area contributed by atoms with E-state index in [4.69, 9.17) is 9.47 Å². The van der Waals surface area contributed by atoms with Crippen molar-refractivity contribution in [1.82, 2.24) is 31.2 Å². The first-order valence-corrected chi connectivity index (χ1v) is 18.8. The van der Waals surface area contributed by atoms with Crippen LogP contribution in [0.1, 0.15) is 64.2 Å². The first-order chi connectivity index (χ1) is 26.4. The number of aromatic nitrogens is 2. The summed E-state index contributed by atoms with van der Waals surface area (Å²) in [4.78, 5) is 58.2. The van der Waals surface area contributed by atoms with Crippen LogP contribution < -0.4 is 41.4 Å². The van der Waals surface area contributed by atoms with E-state index in [1.54, 1.807) is 38.7 Å². The van der Waals surface area contributed by atoms with Gasteiger partial charge in [-0.05, 0) is 76.1 Å². The number of ether oxygens (including phenoxy) is 2. The van der Waals surface area contributed by atoms with E-state index < -0.39 is 0 Å². The minimum Gasteiger partial charge on any atom is -0.497 e. The van der Waals surface area contributed by atoms with Crippen molar-refractivity contribution in [2.75, 3.05) is 64.1 Å². The molecule has 0 radical (unpaired) electrons. The van der Waals surface area contributed by atoms with Gasteiger partial charge in [0, 0.05) is 74.1 Å². The molecule has 0 spiro atoms. The van der Waals surface area contributed by atoms with Crippen LogP contribution in [0.2, 0.25) is 0 Å². The Bertz CT molecular complexity index is 1690. The van der Waals surface area contributed by atoms with Crippen molar-refractivity contribution < 1.29 is 28.7 Å². The van der Waals surface area contributed by atoms with Crippen LogP contribution in [-0.4, -0.2) is 87.1 Å². The van der Waals surface area contributed by atoms with Crippen molar-refractivity contribution in [3.8, 4) is 11.5 Å². The van der Waals surface area contributed by atoms with Gasteiger partial charge in [-0.2, -0.15) is 0 Å². The van der Waals surface area contributed by atoms with Crippen LogP contribution in [-0.2, 0) is 19.2 Å². The highest BCUT2D eigenvalue weighted by Gasteiger charge is 2.13. The van der Waals surface area contributed by atoms with Crippen molar-refractivity contribution in [3.05, 3.63) is 60.9 Å². The molecule has 0 aliphatic rings. The van der Waals surface area contributed by atoms with Gasteiger partial charge < -0.3 is 41.4 Å². The third-order valence-corrected chi connectivity index (χ3v) is 8.70. The molecular formula is C40H54N8O6.